The molecular weight excluding hydrogens is 304 g/mol. The lowest BCUT2D eigenvalue weighted by Crippen LogP contribution is -2.46. The molecule has 3 aromatic rings. The van der Waals surface area contributed by atoms with Crippen molar-refractivity contribution in [3.8, 4) is 11.5 Å². The number of carbonyl (C=O) groups excluding carboxylic acids is 1. The molecule has 0 radical (unpaired) electrons. The van der Waals surface area contributed by atoms with Crippen LogP contribution in [0.4, 0.5) is 5.69 Å². The number of fused-ring (bicyclic) bond motifs is 2. The number of rotatable bonds is 2. The second-order valence-electron chi connectivity index (χ2n) is 5.67. The van der Waals surface area contributed by atoms with E-state index in [4.69, 9.17) is 9.47 Å². The molecule has 1 amide bonds. The lowest BCUT2D eigenvalue weighted by molar-refractivity contribution is -0.127. The van der Waals surface area contributed by atoms with E-state index in [-0.39, 0.29) is 12.0 Å². The van der Waals surface area contributed by atoms with E-state index >= 15 is 0 Å². The van der Waals surface area contributed by atoms with Crippen molar-refractivity contribution >= 4 is 22.5 Å². The first kappa shape index (κ1) is 14.5. The maximum Gasteiger partial charge on any atom is 0.269 e. The first-order valence-corrected chi connectivity index (χ1v) is 7.79. The molecule has 1 aliphatic heterocycles. The third kappa shape index (κ3) is 2.54. The second-order valence-corrected chi connectivity index (χ2v) is 5.67. The number of ether oxygens (including phenoxy) is 2. The molecule has 120 valence electrons. The highest BCUT2D eigenvalue weighted by Gasteiger charge is 2.34. The van der Waals surface area contributed by atoms with Crippen LogP contribution in [0.25, 0.3) is 10.9 Å². The number of amides is 1. The summed E-state index contributed by atoms with van der Waals surface area (Å²) in [6.07, 6.45) is 0.630. The van der Waals surface area contributed by atoms with Crippen molar-refractivity contribution in [2.45, 2.75) is 19.1 Å². The third-order valence-electron chi connectivity index (χ3n) is 4.00. The zero-order valence-electron chi connectivity index (χ0n) is 13.1. The van der Waals surface area contributed by atoms with E-state index in [2.05, 4.69) is 10.3 Å². The Morgan fingerprint density at radius 2 is 1.79 bits per heavy atom. The van der Waals surface area contributed by atoms with Crippen LogP contribution >= 0.6 is 0 Å². The number of nitrogens with one attached hydrogen (secondary N) is 1. The topological polar surface area (TPSA) is 60.5 Å². The van der Waals surface area contributed by atoms with Crippen molar-refractivity contribution in [1.82, 2.24) is 4.98 Å². The van der Waals surface area contributed by atoms with Gasteiger partial charge in [0, 0.05) is 11.6 Å². The number of benzene rings is 2. The van der Waals surface area contributed by atoms with E-state index in [0.29, 0.717) is 17.2 Å². The number of nitrogens with zero attached hydrogens (tertiary/aromatic N) is 1. The molecule has 0 spiro atoms. The minimum absolute atomic E-state index is 0.242. The summed E-state index contributed by atoms with van der Waals surface area (Å²) in [5.74, 6) is 0.993. The van der Waals surface area contributed by atoms with E-state index in [1.807, 2.05) is 55.5 Å². The molecule has 2 unspecified atom stereocenters. The van der Waals surface area contributed by atoms with Gasteiger partial charge in [0.1, 0.15) is 6.10 Å². The van der Waals surface area contributed by atoms with Gasteiger partial charge in [-0.25, -0.2) is 0 Å². The van der Waals surface area contributed by atoms with Crippen LogP contribution in [0, 0.1) is 0 Å². The highest BCUT2D eigenvalue weighted by molar-refractivity contribution is 6.02. The largest absolute Gasteiger partial charge is 0.482 e. The molecule has 2 atom stereocenters. The molecule has 2 heterocycles. The fourth-order valence-corrected chi connectivity index (χ4v) is 2.82. The van der Waals surface area contributed by atoms with Gasteiger partial charge in [0.2, 0.25) is 6.10 Å². The third-order valence-corrected chi connectivity index (χ3v) is 4.00. The van der Waals surface area contributed by atoms with Gasteiger partial charge in [0.05, 0.1) is 11.2 Å². The summed E-state index contributed by atoms with van der Waals surface area (Å²) in [4.78, 5) is 17.0. The molecule has 24 heavy (non-hydrogen) atoms. The first-order valence-electron chi connectivity index (χ1n) is 7.79. The van der Waals surface area contributed by atoms with Crippen LogP contribution in [-0.4, -0.2) is 23.1 Å². The Kier molecular flexibility index (Phi) is 3.54. The van der Waals surface area contributed by atoms with Gasteiger partial charge in [0.25, 0.3) is 5.91 Å². The van der Waals surface area contributed by atoms with Crippen LogP contribution in [0.3, 0.4) is 0 Å². The summed E-state index contributed by atoms with van der Waals surface area (Å²) in [6, 6.07) is 16.7. The van der Waals surface area contributed by atoms with Crippen molar-refractivity contribution < 1.29 is 14.3 Å². The number of anilines is 1. The van der Waals surface area contributed by atoms with Gasteiger partial charge in [-0.05, 0) is 43.3 Å². The molecule has 1 aromatic heterocycles. The maximum absolute atomic E-state index is 12.7. The normalized spacial score (nSPS) is 19.0. The van der Waals surface area contributed by atoms with Crippen LogP contribution in [0.15, 0.2) is 60.8 Å². The number of carbonyl (C=O) groups is 1. The molecule has 1 aliphatic rings. The molecular formula is C19H16N2O3. The molecule has 0 aliphatic carbocycles. The molecule has 1 N–H and O–H groups in total. The highest BCUT2D eigenvalue weighted by Crippen LogP contribution is 2.34. The van der Waals surface area contributed by atoms with Crippen LogP contribution in [0.5, 0.6) is 11.5 Å². The number of para-hydroxylation sites is 2. The minimum atomic E-state index is -0.716. The Bertz CT molecular complexity index is 905. The molecule has 0 saturated carbocycles. The lowest BCUT2D eigenvalue weighted by atomic mass is 10.1. The number of hydrogen-bond donors (Lipinski definition) is 1. The molecule has 2 aromatic carbocycles. The zero-order chi connectivity index (χ0) is 16.5. The molecule has 5 heteroatoms. The van der Waals surface area contributed by atoms with Crippen molar-refractivity contribution in [1.29, 1.82) is 0 Å². The van der Waals surface area contributed by atoms with E-state index in [1.54, 1.807) is 12.3 Å². The number of hydrogen-bond acceptors (Lipinski definition) is 4. The molecule has 4 rings (SSSR count). The van der Waals surface area contributed by atoms with Crippen LogP contribution in [-0.2, 0) is 4.79 Å². The Morgan fingerprint density at radius 1 is 1.00 bits per heavy atom. The SMILES string of the molecule is CC1Oc2ccccc2OC1C(=O)Nc1cccc2ncccc12. The number of pyridine rings is 1. The molecule has 5 nitrogen and oxygen atoms in total. The van der Waals surface area contributed by atoms with Gasteiger partial charge in [0.15, 0.2) is 11.5 Å². The van der Waals surface area contributed by atoms with Crippen LogP contribution in [0.1, 0.15) is 6.92 Å². The monoisotopic (exact) mass is 320 g/mol. The standard InChI is InChI=1S/C19H16N2O3/c1-12-18(24-17-10-3-2-9-16(17)23-12)19(22)21-15-8-4-7-14-13(15)6-5-11-20-14/h2-12,18H,1H3,(H,21,22). The first-order chi connectivity index (χ1) is 11.7. The highest BCUT2D eigenvalue weighted by atomic mass is 16.6. The van der Waals surface area contributed by atoms with Crippen molar-refractivity contribution in [3.05, 3.63) is 60.8 Å². The van der Waals surface area contributed by atoms with Crippen molar-refractivity contribution in [2.24, 2.45) is 0 Å². The average molecular weight is 320 g/mol. The second kappa shape index (κ2) is 5.85. The summed E-state index contributed by atoms with van der Waals surface area (Å²) in [6.45, 7) is 1.82. The quantitative estimate of drug-likeness (QED) is 0.786. The van der Waals surface area contributed by atoms with Crippen LogP contribution < -0.4 is 14.8 Å². The van der Waals surface area contributed by atoms with E-state index in [0.717, 1.165) is 10.9 Å². The van der Waals surface area contributed by atoms with E-state index < -0.39 is 6.10 Å². The lowest BCUT2D eigenvalue weighted by Gasteiger charge is -2.31. The summed E-state index contributed by atoms with van der Waals surface area (Å²) < 4.78 is 11.6. The number of aromatic nitrogens is 1. The summed E-state index contributed by atoms with van der Waals surface area (Å²) in [7, 11) is 0. The average Bonchev–Trinajstić information content (AvgIpc) is 2.61. The van der Waals surface area contributed by atoms with Crippen molar-refractivity contribution in [3.63, 3.8) is 0 Å². The predicted octanol–water partition coefficient (Wildman–Crippen LogP) is 3.40. The van der Waals surface area contributed by atoms with Crippen LogP contribution in [0.2, 0.25) is 0 Å². The summed E-state index contributed by atoms with van der Waals surface area (Å²) in [5.41, 5.74) is 1.54. The Hall–Kier alpha value is -3.08. The van der Waals surface area contributed by atoms with Gasteiger partial charge in [-0.2, -0.15) is 0 Å². The molecule has 0 bridgehead atoms. The van der Waals surface area contributed by atoms with Gasteiger partial charge in [-0.1, -0.05) is 18.2 Å². The Morgan fingerprint density at radius 3 is 2.62 bits per heavy atom. The summed E-state index contributed by atoms with van der Waals surface area (Å²) >= 11 is 0. The smallest absolute Gasteiger partial charge is 0.269 e. The van der Waals surface area contributed by atoms with Crippen molar-refractivity contribution in [2.75, 3.05) is 5.32 Å². The van der Waals surface area contributed by atoms with Gasteiger partial charge in [-0.15, -0.1) is 0 Å². The Balaban J connectivity index is 1.60. The van der Waals surface area contributed by atoms with E-state index in [1.165, 1.54) is 0 Å². The fraction of sp³-hybridized carbons (Fsp3) is 0.158. The molecule has 0 fully saturated rings. The zero-order valence-corrected chi connectivity index (χ0v) is 13.1. The van der Waals surface area contributed by atoms with Gasteiger partial charge in [-0.3, -0.25) is 9.78 Å². The van der Waals surface area contributed by atoms with Gasteiger partial charge >= 0.3 is 0 Å². The van der Waals surface area contributed by atoms with E-state index in [9.17, 15) is 4.79 Å². The van der Waals surface area contributed by atoms with Gasteiger partial charge < -0.3 is 14.8 Å². The molecule has 0 saturated heterocycles. The predicted molar refractivity (Wildman–Crippen MR) is 91.3 cm³/mol. The minimum Gasteiger partial charge on any atom is -0.482 e. The summed E-state index contributed by atoms with van der Waals surface area (Å²) in [5, 5.41) is 3.82. The fourth-order valence-electron chi connectivity index (χ4n) is 2.82. The maximum atomic E-state index is 12.7. The Labute approximate surface area is 139 Å².